The number of thiazole rings is 1. The highest BCUT2D eigenvalue weighted by Gasteiger charge is 2.12. The first-order valence-corrected chi connectivity index (χ1v) is 7.98. The van der Waals surface area contributed by atoms with Crippen molar-refractivity contribution in [3.8, 4) is 10.6 Å². The molecule has 0 saturated heterocycles. The summed E-state index contributed by atoms with van der Waals surface area (Å²) in [6.07, 6.45) is 1.61. The molecule has 0 N–H and O–H groups in total. The fourth-order valence-corrected chi connectivity index (χ4v) is 3.11. The Labute approximate surface area is 133 Å². The van der Waals surface area contributed by atoms with Crippen LogP contribution in [-0.2, 0) is 4.74 Å². The normalized spacial score (nSPS) is 10.8. The Hall–Kier alpha value is -1.79. The number of pyridine rings is 1. The summed E-state index contributed by atoms with van der Waals surface area (Å²) in [5.41, 5.74) is 2.14. The number of hydrogen-bond acceptors (Lipinski definition) is 5. The third kappa shape index (κ3) is 2.96. The van der Waals surface area contributed by atoms with Crippen molar-refractivity contribution in [2.24, 2.45) is 0 Å². The van der Waals surface area contributed by atoms with Gasteiger partial charge in [0.05, 0.1) is 17.5 Å². The molecule has 3 aromatic rings. The Morgan fingerprint density at radius 1 is 1.33 bits per heavy atom. The third-order valence-electron chi connectivity index (χ3n) is 2.85. The predicted molar refractivity (Wildman–Crippen MR) is 86.5 cm³/mol. The van der Waals surface area contributed by atoms with Gasteiger partial charge in [0.15, 0.2) is 0 Å². The summed E-state index contributed by atoms with van der Waals surface area (Å²) in [6.45, 7) is 2.11. The number of carbonyl (C=O) groups excluding carboxylic acids is 1. The van der Waals surface area contributed by atoms with E-state index in [4.69, 9.17) is 4.74 Å². The summed E-state index contributed by atoms with van der Waals surface area (Å²) in [6, 6.07) is 9.68. The number of nitrogens with zero attached hydrogens (tertiary/aromatic N) is 2. The summed E-state index contributed by atoms with van der Waals surface area (Å²) in [4.78, 5) is 20.4. The molecule has 106 valence electrons. The standard InChI is InChI=1S/C15H11BrN2O2S/c1-2-20-15(19)11-7-13-12(8-17-11)18-14(21-13)9-3-5-10(16)6-4-9/h3-8H,2H2,1H3. The maximum Gasteiger partial charge on any atom is 0.356 e. The van der Waals surface area contributed by atoms with Crippen LogP contribution in [0.3, 0.4) is 0 Å². The first-order valence-electron chi connectivity index (χ1n) is 6.37. The first-order chi connectivity index (χ1) is 10.2. The molecular formula is C15H11BrN2O2S. The zero-order valence-corrected chi connectivity index (χ0v) is 13.6. The molecule has 0 spiro atoms. The van der Waals surface area contributed by atoms with E-state index in [1.54, 1.807) is 19.2 Å². The Morgan fingerprint density at radius 2 is 2.10 bits per heavy atom. The molecule has 0 unspecified atom stereocenters. The molecule has 1 aromatic carbocycles. The molecule has 0 saturated carbocycles. The van der Waals surface area contributed by atoms with Crippen LogP contribution >= 0.6 is 27.3 Å². The lowest BCUT2D eigenvalue weighted by atomic mass is 10.2. The van der Waals surface area contributed by atoms with E-state index in [0.29, 0.717) is 12.3 Å². The topological polar surface area (TPSA) is 52.1 Å². The van der Waals surface area contributed by atoms with Crippen molar-refractivity contribution in [3.63, 3.8) is 0 Å². The van der Waals surface area contributed by atoms with E-state index >= 15 is 0 Å². The lowest BCUT2D eigenvalue weighted by Gasteiger charge is -1.99. The van der Waals surface area contributed by atoms with Crippen LogP contribution in [-0.4, -0.2) is 22.5 Å². The maximum absolute atomic E-state index is 11.7. The van der Waals surface area contributed by atoms with Crippen LogP contribution < -0.4 is 0 Å². The number of rotatable bonds is 3. The predicted octanol–water partition coefficient (Wildman–Crippen LogP) is 4.30. The summed E-state index contributed by atoms with van der Waals surface area (Å²) < 4.78 is 6.91. The van der Waals surface area contributed by atoms with Gasteiger partial charge in [0, 0.05) is 10.0 Å². The summed E-state index contributed by atoms with van der Waals surface area (Å²) in [5.74, 6) is -0.405. The highest BCUT2D eigenvalue weighted by Crippen LogP contribution is 2.30. The quantitative estimate of drug-likeness (QED) is 0.651. The van der Waals surface area contributed by atoms with Crippen molar-refractivity contribution in [2.75, 3.05) is 6.61 Å². The lowest BCUT2D eigenvalue weighted by molar-refractivity contribution is 0.0520. The Balaban J connectivity index is 2.00. The van der Waals surface area contributed by atoms with Gasteiger partial charge in [-0.25, -0.2) is 14.8 Å². The molecule has 0 aliphatic carbocycles. The lowest BCUT2D eigenvalue weighted by Crippen LogP contribution is -2.06. The molecule has 6 heteroatoms. The number of benzene rings is 1. The molecule has 0 atom stereocenters. The van der Waals surface area contributed by atoms with E-state index in [-0.39, 0.29) is 0 Å². The number of carbonyl (C=O) groups is 1. The van der Waals surface area contributed by atoms with E-state index < -0.39 is 5.97 Å². The van der Waals surface area contributed by atoms with E-state index in [9.17, 15) is 4.79 Å². The van der Waals surface area contributed by atoms with Crippen LogP contribution in [0.15, 0.2) is 41.0 Å². The van der Waals surface area contributed by atoms with Crippen molar-refractivity contribution in [1.82, 2.24) is 9.97 Å². The van der Waals surface area contributed by atoms with Crippen LogP contribution in [0.4, 0.5) is 0 Å². The van der Waals surface area contributed by atoms with Gasteiger partial charge in [-0.2, -0.15) is 0 Å². The van der Waals surface area contributed by atoms with Crippen molar-refractivity contribution in [3.05, 3.63) is 46.7 Å². The second-order valence-electron chi connectivity index (χ2n) is 4.28. The monoisotopic (exact) mass is 362 g/mol. The fraction of sp³-hybridized carbons (Fsp3) is 0.133. The Kier molecular flexibility index (Phi) is 3.98. The van der Waals surface area contributed by atoms with Crippen molar-refractivity contribution in [2.45, 2.75) is 6.92 Å². The van der Waals surface area contributed by atoms with Gasteiger partial charge in [0.2, 0.25) is 0 Å². The number of fused-ring (bicyclic) bond motifs is 1. The summed E-state index contributed by atoms with van der Waals surface area (Å²) >= 11 is 4.95. The molecule has 2 aromatic heterocycles. The summed E-state index contributed by atoms with van der Waals surface area (Å²) in [7, 11) is 0. The zero-order valence-electron chi connectivity index (χ0n) is 11.2. The molecule has 0 fully saturated rings. The van der Waals surface area contributed by atoms with Gasteiger partial charge < -0.3 is 4.74 Å². The molecule has 21 heavy (non-hydrogen) atoms. The Morgan fingerprint density at radius 3 is 2.81 bits per heavy atom. The van der Waals surface area contributed by atoms with Crippen molar-refractivity contribution >= 4 is 43.5 Å². The Bertz CT molecular complexity index is 799. The first kappa shape index (κ1) is 14.2. The molecule has 0 radical (unpaired) electrons. The second-order valence-corrected chi connectivity index (χ2v) is 6.23. The molecule has 0 bridgehead atoms. The third-order valence-corrected chi connectivity index (χ3v) is 4.45. The van der Waals surface area contributed by atoms with Gasteiger partial charge in [0.1, 0.15) is 16.2 Å². The molecule has 0 amide bonds. The minimum Gasteiger partial charge on any atom is -0.461 e. The van der Waals surface area contributed by atoms with Gasteiger partial charge >= 0.3 is 5.97 Å². The van der Waals surface area contributed by atoms with E-state index in [1.165, 1.54) is 11.3 Å². The molecule has 0 aliphatic heterocycles. The van der Waals surface area contributed by atoms with Gasteiger partial charge in [0.25, 0.3) is 0 Å². The molecule has 0 aliphatic rings. The van der Waals surface area contributed by atoms with Crippen LogP contribution in [0.1, 0.15) is 17.4 Å². The number of halogens is 1. The van der Waals surface area contributed by atoms with Crippen LogP contribution in [0.2, 0.25) is 0 Å². The molecule has 2 heterocycles. The van der Waals surface area contributed by atoms with E-state index in [1.807, 2.05) is 24.3 Å². The van der Waals surface area contributed by atoms with Gasteiger partial charge in [-0.05, 0) is 25.1 Å². The molecule has 3 rings (SSSR count). The van der Waals surface area contributed by atoms with Crippen LogP contribution in [0.25, 0.3) is 20.8 Å². The van der Waals surface area contributed by atoms with E-state index in [2.05, 4.69) is 25.9 Å². The molecule has 4 nitrogen and oxygen atoms in total. The maximum atomic E-state index is 11.7. The number of esters is 1. The SMILES string of the molecule is CCOC(=O)c1cc2sc(-c3ccc(Br)cc3)nc2cn1. The van der Waals surface area contributed by atoms with E-state index in [0.717, 1.165) is 25.3 Å². The fourth-order valence-electron chi connectivity index (χ4n) is 1.86. The van der Waals surface area contributed by atoms with Gasteiger partial charge in [-0.1, -0.05) is 28.1 Å². The van der Waals surface area contributed by atoms with Crippen LogP contribution in [0, 0.1) is 0 Å². The van der Waals surface area contributed by atoms with Gasteiger partial charge in [-0.3, -0.25) is 0 Å². The highest BCUT2D eigenvalue weighted by atomic mass is 79.9. The summed E-state index contributed by atoms with van der Waals surface area (Å²) in [5, 5.41) is 0.903. The van der Waals surface area contributed by atoms with Crippen molar-refractivity contribution < 1.29 is 9.53 Å². The minimum absolute atomic E-state index is 0.315. The average Bonchev–Trinajstić information content (AvgIpc) is 2.91. The number of ether oxygens (including phenoxy) is 1. The van der Waals surface area contributed by atoms with Gasteiger partial charge in [-0.15, -0.1) is 11.3 Å². The second kappa shape index (κ2) is 5.91. The number of aromatic nitrogens is 2. The number of hydrogen-bond donors (Lipinski definition) is 0. The minimum atomic E-state index is -0.405. The largest absolute Gasteiger partial charge is 0.461 e. The van der Waals surface area contributed by atoms with Crippen molar-refractivity contribution in [1.29, 1.82) is 0 Å². The van der Waals surface area contributed by atoms with Crippen LogP contribution in [0.5, 0.6) is 0 Å². The molecular weight excluding hydrogens is 352 g/mol. The average molecular weight is 363 g/mol. The smallest absolute Gasteiger partial charge is 0.356 e. The zero-order chi connectivity index (χ0) is 14.8. The highest BCUT2D eigenvalue weighted by molar-refractivity contribution is 9.10.